The summed E-state index contributed by atoms with van der Waals surface area (Å²) in [6.07, 6.45) is 1.63. The second-order valence-corrected chi connectivity index (χ2v) is 8.01. The number of nitrogens with zero attached hydrogens (tertiary/aromatic N) is 1. The van der Waals surface area contributed by atoms with Crippen LogP contribution >= 0.6 is 0 Å². The molecule has 0 spiro atoms. The zero-order chi connectivity index (χ0) is 18.0. The van der Waals surface area contributed by atoms with Gasteiger partial charge < -0.3 is 5.32 Å². The maximum absolute atomic E-state index is 12.6. The van der Waals surface area contributed by atoms with E-state index in [1.165, 1.54) is 6.92 Å². The second-order valence-electron chi connectivity index (χ2n) is 6.25. The third-order valence-electron chi connectivity index (χ3n) is 4.27. The number of aromatic nitrogens is 1. The molecule has 7 heteroatoms. The number of carbonyl (C=O) groups excluding carboxylic acids is 1. The maximum atomic E-state index is 12.6. The van der Waals surface area contributed by atoms with Gasteiger partial charge in [-0.1, -0.05) is 12.1 Å². The normalized spacial score (nSPS) is 16.5. The highest BCUT2D eigenvalue weighted by Gasteiger charge is 2.25. The van der Waals surface area contributed by atoms with Crippen molar-refractivity contribution in [2.24, 2.45) is 0 Å². The number of amides is 1. The highest BCUT2D eigenvalue weighted by molar-refractivity contribution is 7.89. The lowest BCUT2D eigenvalue weighted by molar-refractivity contribution is -0.119. The van der Waals surface area contributed by atoms with Gasteiger partial charge in [0.2, 0.25) is 15.9 Å². The van der Waals surface area contributed by atoms with Crippen molar-refractivity contribution in [2.75, 3.05) is 0 Å². The molecule has 6 nitrogen and oxygen atoms in total. The molecule has 1 aromatic carbocycles. The van der Waals surface area contributed by atoms with E-state index in [1.54, 1.807) is 18.2 Å². The van der Waals surface area contributed by atoms with Gasteiger partial charge in [0.05, 0.1) is 23.2 Å². The van der Waals surface area contributed by atoms with E-state index in [0.717, 1.165) is 29.7 Å². The molecule has 2 aromatic rings. The van der Waals surface area contributed by atoms with Crippen LogP contribution in [0.4, 0.5) is 0 Å². The first kappa shape index (κ1) is 17.6. The van der Waals surface area contributed by atoms with E-state index in [4.69, 9.17) is 0 Å². The molecule has 0 radical (unpaired) electrons. The van der Waals surface area contributed by atoms with Crippen LogP contribution in [0.25, 0.3) is 0 Å². The predicted molar refractivity (Wildman–Crippen MR) is 94.3 cm³/mol. The number of fused-ring (bicyclic) bond motifs is 1. The molecule has 132 valence electrons. The predicted octanol–water partition coefficient (Wildman–Crippen LogP) is 1.99. The van der Waals surface area contributed by atoms with Crippen LogP contribution in [-0.2, 0) is 27.8 Å². The van der Waals surface area contributed by atoms with Crippen LogP contribution < -0.4 is 10.0 Å². The van der Waals surface area contributed by atoms with E-state index in [1.807, 2.05) is 25.1 Å². The summed E-state index contributed by atoms with van der Waals surface area (Å²) in [5, 5.41) is 2.88. The highest BCUT2D eigenvalue weighted by Crippen LogP contribution is 2.32. The fraction of sp³-hybridized carbons (Fsp3) is 0.333. The van der Waals surface area contributed by atoms with Gasteiger partial charge in [0.1, 0.15) is 0 Å². The lowest BCUT2D eigenvalue weighted by atomic mass is 10.1. The molecule has 1 aliphatic carbocycles. The van der Waals surface area contributed by atoms with Gasteiger partial charge in [-0.15, -0.1) is 0 Å². The average Bonchev–Trinajstić information content (AvgIpc) is 2.95. The molecule has 0 unspecified atom stereocenters. The van der Waals surface area contributed by atoms with Crippen LogP contribution in [0.1, 0.15) is 41.9 Å². The molecule has 3 rings (SSSR count). The quantitative estimate of drug-likeness (QED) is 0.855. The fourth-order valence-electron chi connectivity index (χ4n) is 3.09. The van der Waals surface area contributed by atoms with Crippen LogP contribution in [0.5, 0.6) is 0 Å². The van der Waals surface area contributed by atoms with E-state index in [-0.39, 0.29) is 23.4 Å². The van der Waals surface area contributed by atoms with Crippen LogP contribution in [0, 0.1) is 6.92 Å². The topological polar surface area (TPSA) is 88.2 Å². The van der Waals surface area contributed by atoms with Gasteiger partial charge >= 0.3 is 0 Å². The number of benzene rings is 1. The summed E-state index contributed by atoms with van der Waals surface area (Å²) < 4.78 is 27.8. The average molecular weight is 359 g/mol. The minimum atomic E-state index is -3.65. The van der Waals surface area contributed by atoms with Crippen molar-refractivity contribution in [1.29, 1.82) is 0 Å². The molecule has 0 aliphatic heterocycles. The summed E-state index contributed by atoms with van der Waals surface area (Å²) in [4.78, 5) is 15.8. The van der Waals surface area contributed by atoms with Gasteiger partial charge in [0.25, 0.3) is 0 Å². The Morgan fingerprint density at radius 2 is 2.08 bits per heavy atom. The maximum Gasteiger partial charge on any atom is 0.240 e. The summed E-state index contributed by atoms with van der Waals surface area (Å²) >= 11 is 0. The van der Waals surface area contributed by atoms with Gasteiger partial charge in [-0.2, -0.15) is 0 Å². The molecule has 0 saturated carbocycles. The Morgan fingerprint density at radius 3 is 2.80 bits per heavy atom. The highest BCUT2D eigenvalue weighted by atomic mass is 32.2. The van der Waals surface area contributed by atoms with Gasteiger partial charge in [0.15, 0.2) is 0 Å². The smallest absolute Gasteiger partial charge is 0.240 e. The van der Waals surface area contributed by atoms with E-state index in [0.29, 0.717) is 5.69 Å². The molecule has 0 saturated heterocycles. The Labute approximate surface area is 147 Å². The van der Waals surface area contributed by atoms with Crippen molar-refractivity contribution >= 4 is 15.9 Å². The molecule has 2 N–H and O–H groups in total. The first-order valence-electron chi connectivity index (χ1n) is 8.17. The zero-order valence-electron chi connectivity index (χ0n) is 14.2. The third-order valence-corrected chi connectivity index (χ3v) is 5.67. The fourth-order valence-corrected chi connectivity index (χ4v) is 4.13. The van der Waals surface area contributed by atoms with Gasteiger partial charge in [0, 0.05) is 12.6 Å². The molecule has 0 fully saturated rings. The molecule has 25 heavy (non-hydrogen) atoms. The lowest BCUT2D eigenvalue weighted by Crippen LogP contribution is -2.26. The Kier molecular flexibility index (Phi) is 4.87. The number of pyridine rings is 1. The summed E-state index contributed by atoms with van der Waals surface area (Å²) in [6, 6.07) is 10.5. The van der Waals surface area contributed by atoms with Crippen LogP contribution in [0.2, 0.25) is 0 Å². The van der Waals surface area contributed by atoms with Crippen LogP contribution in [-0.4, -0.2) is 19.3 Å². The first-order chi connectivity index (χ1) is 11.8. The summed E-state index contributed by atoms with van der Waals surface area (Å²) in [5.41, 5.74) is 3.47. The van der Waals surface area contributed by atoms with Crippen molar-refractivity contribution in [2.45, 2.75) is 44.2 Å². The number of rotatable bonds is 5. The molecular weight excluding hydrogens is 338 g/mol. The van der Waals surface area contributed by atoms with Crippen molar-refractivity contribution in [3.05, 3.63) is 58.9 Å². The molecule has 1 heterocycles. The van der Waals surface area contributed by atoms with Crippen molar-refractivity contribution in [1.82, 2.24) is 15.0 Å². The number of carbonyl (C=O) groups is 1. The number of nitrogens with one attached hydrogen (secondary N) is 2. The van der Waals surface area contributed by atoms with Crippen molar-refractivity contribution < 1.29 is 13.2 Å². The molecule has 0 bridgehead atoms. The van der Waals surface area contributed by atoms with Crippen molar-refractivity contribution in [3.63, 3.8) is 0 Å². The number of aryl methyl sites for hydroxylation is 2. The Bertz CT molecular complexity index is 910. The zero-order valence-corrected chi connectivity index (χ0v) is 15.1. The minimum Gasteiger partial charge on any atom is -0.350 e. The number of hydrogen-bond acceptors (Lipinski definition) is 4. The van der Waals surface area contributed by atoms with Gasteiger partial charge in [-0.3, -0.25) is 9.78 Å². The summed E-state index contributed by atoms with van der Waals surface area (Å²) in [5.74, 6) is -0.116. The monoisotopic (exact) mass is 359 g/mol. The SMILES string of the molecule is CC(=O)N[C@H]1CCc2ccc(S(=O)(=O)NCc3cccc(C)n3)cc21. The standard InChI is InChI=1S/C18H21N3O3S/c1-12-4-3-5-15(20-12)11-19-25(23,24)16-8-6-14-7-9-18(17(14)10-16)21-13(2)22/h3-6,8,10,18-19H,7,9,11H2,1-2H3,(H,21,22)/t18-/m0/s1. The van der Waals surface area contributed by atoms with Crippen LogP contribution in [0.3, 0.4) is 0 Å². The molecule has 1 aromatic heterocycles. The minimum absolute atomic E-state index is 0.116. The number of sulfonamides is 1. The number of hydrogen-bond donors (Lipinski definition) is 2. The summed E-state index contributed by atoms with van der Waals surface area (Å²) in [6.45, 7) is 3.46. The van der Waals surface area contributed by atoms with Crippen LogP contribution in [0.15, 0.2) is 41.3 Å². The molecule has 1 atom stereocenters. The Morgan fingerprint density at radius 1 is 1.28 bits per heavy atom. The largest absolute Gasteiger partial charge is 0.350 e. The third kappa shape index (κ3) is 4.05. The van der Waals surface area contributed by atoms with E-state index in [2.05, 4.69) is 15.0 Å². The van der Waals surface area contributed by atoms with E-state index < -0.39 is 10.0 Å². The molecule has 1 aliphatic rings. The van der Waals surface area contributed by atoms with Crippen molar-refractivity contribution in [3.8, 4) is 0 Å². The Balaban J connectivity index is 1.80. The second kappa shape index (κ2) is 6.93. The van der Waals surface area contributed by atoms with Gasteiger partial charge in [-0.05, 0) is 55.2 Å². The van der Waals surface area contributed by atoms with E-state index in [9.17, 15) is 13.2 Å². The lowest BCUT2D eigenvalue weighted by Gasteiger charge is -2.14. The van der Waals surface area contributed by atoms with Gasteiger partial charge in [-0.25, -0.2) is 13.1 Å². The Hall–Kier alpha value is -2.25. The van der Waals surface area contributed by atoms with E-state index >= 15 is 0 Å². The first-order valence-corrected chi connectivity index (χ1v) is 9.65. The summed E-state index contributed by atoms with van der Waals surface area (Å²) in [7, 11) is -3.65. The molecule has 1 amide bonds. The molecular formula is C18H21N3O3S.